The zero-order chi connectivity index (χ0) is 20.1. The molecule has 0 radical (unpaired) electrons. The summed E-state index contributed by atoms with van der Waals surface area (Å²) < 4.78 is 4.72. The van der Waals surface area contributed by atoms with Gasteiger partial charge in [-0.3, -0.25) is 4.79 Å². The van der Waals surface area contributed by atoms with Crippen molar-refractivity contribution in [2.45, 2.75) is 52.4 Å². The highest BCUT2D eigenvalue weighted by atomic mass is 16.5. The normalized spacial score (nSPS) is 19.4. The van der Waals surface area contributed by atoms with Gasteiger partial charge in [0.2, 0.25) is 0 Å². The van der Waals surface area contributed by atoms with Crippen LogP contribution in [0, 0.1) is 12.8 Å². The van der Waals surface area contributed by atoms with Crippen molar-refractivity contribution in [3.63, 3.8) is 0 Å². The summed E-state index contributed by atoms with van der Waals surface area (Å²) in [6, 6.07) is 10.9. The van der Waals surface area contributed by atoms with Crippen LogP contribution < -0.4 is 0 Å². The molecule has 3 nitrogen and oxygen atoms in total. The lowest BCUT2D eigenvalue weighted by atomic mass is 9.71. The number of ketones is 1. The van der Waals surface area contributed by atoms with Crippen LogP contribution in [0.4, 0.5) is 0 Å². The summed E-state index contributed by atoms with van der Waals surface area (Å²) in [6.45, 7) is 13.4. The molecule has 0 N–H and O–H groups in total. The Morgan fingerprint density at radius 1 is 0.889 bits per heavy atom. The van der Waals surface area contributed by atoms with Gasteiger partial charge < -0.3 is 4.74 Å². The first kappa shape index (κ1) is 19.3. The van der Waals surface area contributed by atoms with E-state index in [1.807, 2.05) is 6.92 Å². The largest absolute Gasteiger partial charge is 0.465 e. The molecule has 1 atom stereocenters. The minimum absolute atomic E-state index is 0.0102. The molecule has 1 unspecified atom stereocenters. The summed E-state index contributed by atoms with van der Waals surface area (Å²) in [5.74, 6) is 0.0599. The van der Waals surface area contributed by atoms with E-state index in [1.165, 1.54) is 18.2 Å². The smallest absolute Gasteiger partial charge is 0.337 e. The van der Waals surface area contributed by atoms with Crippen molar-refractivity contribution in [2.24, 2.45) is 5.92 Å². The Hall–Kier alpha value is -2.42. The molecule has 0 aliphatic heterocycles. The fourth-order valence-electron chi connectivity index (χ4n) is 4.42. The van der Waals surface area contributed by atoms with Crippen molar-refractivity contribution in [2.75, 3.05) is 7.11 Å². The van der Waals surface area contributed by atoms with Gasteiger partial charge in [-0.25, -0.2) is 4.79 Å². The minimum Gasteiger partial charge on any atom is -0.465 e. The van der Waals surface area contributed by atoms with E-state index in [1.54, 1.807) is 24.3 Å². The number of ether oxygens (including phenoxy) is 1. The molecule has 0 spiro atoms. The SMILES string of the molecule is COC(=O)c1ccc(C(=O)c2cc3c(cc2C)C(C)(C)C(C)C3(C)C)cc1. The molecule has 3 heteroatoms. The van der Waals surface area contributed by atoms with Crippen LogP contribution in [-0.2, 0) is 15.6 Å². The van der Waals surface area contributed by atoms with E-state index in [0.29, 0.717) is 17.0 Å². The van der Waals surface area contributed by atoms with E-state index in [-0.39, 0.29) is 16.6 Å². The fraction of sp³-hybridized carbons (Fsp3) is 0.417. The second-order valence-electron chi connectivity index (χ2n) is 8.78. The van der Waals surface area contributed by atoms with Gasteiger partial charge in [-0.05, 0) is 58.6 Å². The number of carbonyl (C=O) groups excluding carboxylic acids is 2. The van der Waals surface area contributed by atoms with E-state index < -0.39 is 5.97 Å². The van der Waals surface area contributed by atoms with E-state index in [9.17, 15) is 9.59 Å². The highest BCUT2D eigenvalue weighted by Gasteiger charge is 2.48. The second-order valence-corrected chi connectivity index (χ2v) is 8.78. The molecule has 27 heavy (non-hydrogen) atoms. The van der Waals surface area contributed by atoms with Gasteiger partial charge in [0.05, 0.1) is 12.7 Å². The predicted molar refractivity (Wildman–Crippen MR) is 108 cm³/mol. The van der Waals surface area contributed by atoms with E-state index in [4.69, 9.17) is 4.74 Å². The number of carbonyl (C=O) groups is 2. The maximum Gasteiger partial charge on any atom is 0.337 e. The van der Waals surface area contributed by atoms with Crippen LogP contribution in [0.1, 0.15) is 77.6 Å². The number of aryl methyl sites for hydroxylation is 1. The lowest BCUT2D eigenvalue weighted by molar-refractivity contribution is 0.0600. The highest BCUT2D eigenvalue weighted by Crippen LogP contribution is 2.54. The Morgan fingerprint density at radius 2 is 1.37 bits per heavy atom. The van der Waals surface area contributed by atoms with Gasteiger partial charge in [-0.15, -0.1) is 0 Å². The highest BCUT2D eigenvalue weighted by molar-refractivity contribution is 6.10. The first-order valence-corrected chi connectivity index (χ1v) is 9.40. The van der Waals surface area contributed by atoms with Crippen molar-refractivity contribution in [3.05, 3.63) is 69.8 Å². The summed E-state index contributed by atoms with van der Waals surface area (Å²) in [5, 5.41) is 0. The first-order chi connectivity index (χ1) is 12.5. The van der Waals surface area contributed by atoms with Crippen molar-refractivity contribution in [3.8, 4) is 0 Å². The van der Waals surface area contributed by atoms with Gasteiger partial charge in [-0.1, -0.05) is 52.8 Å². The third-order valence-corrected chi connectivity index (χ3v) is 6.73. The summed E-state index contributed by atoms with van der Waals surface area (Å²) in [5.41, 5.74) is 5.44. The molecule has 1 aliphatic rings. The Morgan fingerprint density at radius 3 is 1.89 bits per heavy atom. The van der Waals surface area contributed by atoms with Crippen LogP contribution in [-0.4, -0.2) is 18.9 Å². The average Bonchev–Trinajstić information content (AvgIpc) is 2.77. The third-order valence-electron chi connectivity index (χ3n) is 6.73. The molecule has 0 saturated heterocycles. The first-order valence-electron chi connectivity index (χ1n) is 9.40. The molecule has 0 bridgehead atoms. The third kappa shape index (κ3) is 2.90. The summed E-state index contributed by atoms with van der Waals surface area (Å²) in [7, 11) is 1.35. The van der Waals surface area contributed by atoms with Crippen molar-refractivity contribution < 1.29 is 14.3 Å². The Balaban J connectivity index is 2.05. The quantitative estimate of drug-likeness (QED) is 0.554. The zero-order valence-corrected chi connectivity index (χ0v) is 17.3. The maximum atomic E-state index is 13.2. The number of rotatable bonds is 3. The molecule has 2 aromatic carbocycles. The average molecular weight is 364 g/mol. The van der Waals surface area contributed by atoms with Gasteiger partial charge >= 0.3 is 5.97 Å². The van der Waals surface area contributed by atoms with Crippen LogP contribution in [0.5, 0.6) is 0 Å². The fourth-order valence-corrected chi connectivity index (χ4v) is 4.42. The van der Waals surface area contributed by atoms with Gasteiger partial charge in [0.15, 0.2) is 5.78 Å². The van der Waals surface area contributed by atoms with E-state index in [2.05, 4.69) is 46.8 Å². The minimum atomic E-state index is -0.402. The summed E-state index contributed by atoms with van der Waals surface area (Å²) in [6.07, 6.45) is 0. The topological polar surface area (TPSA) is 43.4 Å². The van der Waals surface area contributed by atoms with Crippen molar-refractivity contribution in [1.29, 1.82) is 0 Å². The number of hydrogen-bond donors (Lipinski definition) is 0. The molecule has 142 valence electrons. The predicted octanol–water partition coefficient (Wildman–Crippen LogP) is 5.22. The lowest BCUT2D eigenvalue weighted by Gasteiger charge is -2.32. The van der Waals surface area contributed by atoms with E-state index in [0.717, 1.165) is 11.1 Å². The van der Waals surface area contributed by atoms with Gasteiger partial charge in [0.25, 0.3) is 0 Å². The molecule has 3 rings (SSSR count). The molecule has 0 aromatic heterocycles. The number of esters is 1. The standard InChI is InChI=1S/C24H28O3/c1-14-12-19-20(24(5,6)15(2)23(19,3)4)13-18(14)21(25)16-8-10-17(11-9-16)22(26)27-7/h8-13,15H,1-7H3. The molecule has 2 aromatic rings. The second kappa shape index (κ2) is 6.33. The Bertz CT molecular complexity index is 917. The lowest BCUT2D eigenvalue weighted by Crippen LogP contribution is -2.30. The molecule has 0 heterocycles. The van der Waals surface area contributed by atoms with Crippen LogP contribution >= 0.6 is 0 Å². The Kier molecular flexibility index (Phi) is 4.54. The van der Waals surface area contributed by atoms with Crippen LogP contribution in [0.3, 0.4) is 0 Å². The van der Waals surface area contributed by atoms with Crippen LogP contribution in [0.15, 0.2) is 36.4 Å². The maximum absolute atomic E-state index is 13.2. The molecule has 0 saturated carbocycles. The molecular formula is C24H28O3. The summed E-state index contributed by atoms with van der Waals surface area (Å²) in [4.78, 5) is 24.8. The number of methoxy groups -OCH3 is 1. The van der Waals surface area contributed by atoms with Gasteiger partial charge in [0.1, 0.15) is 0 Å². The number of benzene rings is 2. The molecular weight excluding hydrogens is 336 g/mol. The van der Waals surface area contributed by atoms with Crippen molar-refractivity contribution in [1.82, 2.24) is 0 Å². The zero-order valence-electron chi connectivity index (χ0n) is 17.3. The molecule has 0 fully saturated rings. The van der Waals surface area contributed by atoms with Gasteiger partial charge in [0, 0.05) is 11.1 Å². The van der Waals surface area contributed by atoms with Crippen LogP contribution in [0.2, 0.25) is 0 Å². The monoisotopic (exact) mass is 364 g/mol. The summed E-state index contributed by atoms with van der Waals surface area (Å²) >= 11 is 0. The molecule has 1 aliphatic carbocycles. The Labute approximate surface area is 161 Å². The molecule has 0 amide bonds. The van der Waals surface area contributed by atoms with Crippen LogP contribution in [0.25, 0.3) is 0 Å². The van der Waals surface area contributed by atoms with E-state index >= 15 is 0 Å². The number of hydrogen-bond acceptors (Lipinski definition) is 3. The number of fused-ring (bicyclic) bond motifs is 1. The van der Waals surface area contributed by atoms with Gasteiger partial charge in [-0.2, -0.15) is 0 Å². The van der Waals surface area contributed by atoms with Crippen molar-refractivity contribution >= 4 is 11.8 Å².